The van der Waals surface area contributed by atoms with E-state index < -0.39 is 11.9 Å². The summed E-state index contributed by atoms with van der Waals surface area (Å²) >= 11 is 0. The van der Waals surface area contributed by atoms with Crippen LogP contribution in [0.15, 0.2) is 48.5 Å². The molecule has 0 atom stereocenters. The third-order valence-electron chi connectivity index (χ3n) is 4.27. The lowest BCUT2D eigenvalue weighted by molar-refractivity contribution is 0.187. The molecule has 4 aromatic rings. The number of benzene rings is 2. The van der Waals surface area contributed by atoms with Crippen molar-refractivity contribution in [3.05, 3.63) is 54.3 Å². The van der Waals surface area contributed by atoms with Crippen LogP contribution in [0.5, 0.6) is 0 Å². The highest BCUT2D eigenvalue weighted by Gasteiger charge is 2.18. The van der Waals surface area contributed by atoms with E-state index in [1.165, 1.54) is 17.9 Å². The molecule has 4 rings (SSSR count). The molecule has 10 nitrogen and oxygen atoms in total. The predicted molar refractivity (Wildman–Crippen MR) is 111 cm³/mol. The quantitative estimate of drug-likeness (QED) is 0.403. The van der Waals surface area contributed by atoms with Gasteiger partial charge in [0.1, 0.15) is 11.5 Å². The molecular weight excluding hydrogens is 391 g/mol. The van der Waals surface area contributed by atoms with Crippen molar-refractivity contribution in [2.75, 3.05) is 29.2 Å². The number of anilines is 5. The number of carbonyl (C=O) groups excluding carboxylic acids is 1. The summed E-state index contributed by atoms with van der Waals surface area (Å²) in [7, 11) is 1.21. The highest BCUT2D eigenvalue weighted by molar-refractivity contribution is 5.94. The summed E-state index contributed by atoms with van der Waals surface area (Å²) in [5, 5.41) is 10.5. The van der Waals surface area contributed by atoms with Crippen molar-refractivity contribution >= 4 is 45.8 Å². The Labute approximate surface area is 169 Å². The standard InChI is InChI=1S/C19H17FN8O2/c1-30-19(29)24-14-15(21)25-18(26-16(14)22)28-13-9-5-2-6-10(13)17(27-28)23-12-8-4-3-7-11(12)20/h2-9H,1H3,(H,23,27)(H,24,29)(H4,21,22,25,26). The molecule has 0 aliphatic carbocycles. The minimum Gasteiger partial charge on any atom is -0.453 e. The summed E-state index contributed by atoms with van der Waals surface area (Å²) in [6, 6.07) is 13.5. The fourth-order valence-corrected chi connectivity index (χ4v) is 2.86. The third-order valence-corrected chi connectivity index (χ3v) is 4.27. The number of hydrogen-bond acceptors (Lipinski definition) is 8. The van der Waals surface area contributed by atoms with E-state index in [0.29, 0.717) is 16.7 Å². The van der Waals surface area contributed by atoms with Crippen LogP contribution in [0.2, 0.25) is 0 Å². The van der Waals surface area contributed by atoms with Gasteiger partial charge in [0.25, 0.3) is 5.95 Å². The summed E-state index contributed by atoms with van der Waals surface area (Å²) < 4.78 is 20.0. The Morgan fingerprint density at radius 3 is 2.43 bits per heavy atom. The lowest BCUT2D eigenvalue weighted by Crippen LogP contribution is -2.17. The van der Waals surface area contributed by atoms with Gasteiger partial charge in [0.15, 0.2) is 17.5 Å². The first-order valence-corrected chi connectivity index (χ1v) is 8.75. The van der Waals surface area contributed by atoms with E-state index in [1.54, 1.807) is 24.3 Å². The van der Waals surface area contributed by atoms with Crippen LogP contribution in [0.25, 0.3) is 16.9 Å². The topological polar surface area (TPSA) is 146 Å². The zero-order chi connectivity index (χ0) is 21.3. The van der Waals surface area contributed by atoms with Crippen molar-refractivity contribution in [3.8, 4) is 5.95 Å². The number of nitrogen functional groups attached to an aromatic ring is 2. The Balaban J connectivity index is 1.80. The number of methoxy groups -OCH3 is 1. The minimum atomic E-state index is -0.759. The summed E-state index contributed by atoms with van der Waals surface area (Å²) in [4.78, 5) is 19.9. The van der Waals surface area contributed by atoms with Crippen molar-refractivity contribution < 1.29 is 13.9 Å². The maximum Gasteiger partial charge on any atom is 0.411 e. The SMILES string of the molecule is COC(=O)Nc1c(N)nc(-n2nc(Nc3ccccc3F)c3ccccc32)nc1N. The molecule has 1 amide bonds. The molecule has 0 spiro atoms. The first-order valence-electron chi connectivity index (χ1n) is 8.75. The number of aromatic nitrogens is 4. The fraction of sp³-hybridized carbons (Fsp3) is 0.0526. The van der Waals surface area contributed by atoms with E-state index in [0.717, 1.165) is 0 Å². The average molecular weight is 408 g/mol. The molecule has 0 fully saturated rings. The summed E-state index contributed by atoms with van der Waals surface area (Å²) in [5.74, 6) is -0.0669. The van der Waals surface area contributed by atoms with Gasteiger partial charge in [-0.25, -0.2) is 9.18 Å². The number of halogens is 1. The highest BCUT2D eigenvalue weighted by Crippen LogP contribution is 2.30. The molecule has 152 valence electrons. The first kappa shape index (κ1) is 18.9. The van der Waals surface area contributed by atoms with Crippen LogP contribution in [0, 0.1) is 5.82 Å². The predicted octanol–water partition coefficient (Wildman–Crippen LogP) is 3.04. The first-order chi connectivity index (χ1) is 14.5. The van der Waals surface area contributed by atoms with Crippen LogP contribution >= 0.6 is 0 Å². The van der Waals surface area contributed by atoms with Crippen LogP contribution in [0.3, 0.4) is 0 Å². The minimum absolute atomic E-state index is 0.0340. The van der Waals surface area contributed by atoms with Gasteiger partial charge in [-0.3, -0.25) is 5.32 Å². The summed E-state index contributed by atoms with van der Waals surface area (Å²) in [6.45, 7) is 0. The maximum absolute atomic E-state index is 14.1. The molecule has 0 radical (unpaired) electrons. The monoisotopic (exact) mass is 408 g/mol. The molecule has 2 aromatic heterocycles. The maximum atomic E-state index is 14.1. The number of amides is 1. The number of rotatable bonds is 4. The fourth-order valence-electron chi connectivity index (χ4n) is 2.86. The number of fused-ring (bicyclic) bond motifs is 1. The molecule has 30 heavy (non-hydrogen) atoms. The van der Waals surface area contributed by atoms with Gasteiger partial charge in [-0.2, -0.15) is 14.6 Å². The van der Waals surface area contributed by atoms with Gasteiger partial charge >= 0.3 is 6.09 Å². The van der Waals surface area contributed by atoms with Crippen LogP contribution in [0.1, 0.15) is 0 Å². The number of nitrogens with two attached hydrogens (primary N) is 2. The largest absolute Gasteiger partial charge is 0.453 e. The van der Waals surface area contributed by atoms with Crippen molar-refractivity contribution in [1.29, 1.82) is 0 Å². The van der Waals surface area contributed by atoms with E-state index in [4.69, 9.17) is 11.5 Å². The third kappa shape index (κ3) is 3.39. The Hall–Kier alpha value is -4.41. The number of nitrogens with one attached hydrogen (secondary N) is 2. The number of carbonyl (C=O) groups is 1. The molecule has 6 N–H and O–H groups in total. The zero-order valence-corrected chi connectivity index (χ0v) is 15.8. The highest BCUT2D eigenvalue weighted by atomic mass is 19.1. The molecular formula is C19H17FN8O2. The van der Waals surface area contributed by atoms with Gasteiger partial charge in [-0.15, -0.1) is 5.10 Å². The lowest BCUT2D eigenvalue weighted by atomic mass is 10.2. The second-order valence-corrected chi connectivity index (χ2v) is 6.17. The Kier molecular flexibility index (Phi) is 4.76. The number of nitrogens with zero attached hydrogens (tertiary/aromatic N) is 4. The Morgan fingerprint density at radius 1 is 1.07 bits per heavy atom. The number of hydrogen-bond donors (Lipinski definition) is 4. The van der Waals surface area contributed by atoms with Gasteiger partial charge in [0, 0.05) is 5.39 Å². The van der Waals surface area contributed by atoms with Crippen LogP contribution in [-0.4, -0.2) is 33.0 Å². The lowest BCUT2D eigenvalue weighted by Gasteiger charge is -2.10. The molecule has 2 aromatic carbocycles. The second kappa shape index (κ2) is 7.54. The van der Waals surface area contributed by atoms with Crippen LogP contribution < -0.4 is 22.1 Å². The molecule has 0 saturated carbocycles. The smallest absolute Gasteiger partial charge is 0.411 e. The van der Waals surface area contributed by atoms with Crippen molar-refractivity contribution in [1.82, 2.24) is 19.7 Å². The van der Waals surface area contributed by atoms with Gasteiger partial charge in [0.05, 0.1) is 18.3 Å². The van der Waals surface area contributed by atoms with E-state index >= 15 is 0 Å². The zero-order valence-electron chi connectivity index (χ0n) is 15.8. The molecule has 0 saturated heterocycles. The van der Waals surface area contributed by atoms with Gasteiger partial charge in [0.2, 0.25) is 0 Å². The van der Waals surface area contributed by atoms with Crippen molar-refractivity contribution in [3.63, 3.8) is 0 Å². The second-order valence-electron chi connectivity index (χ2n) is 6.17. The van der Waals surface area contributed by atoms with Crippen LogP contribution in [-0.2, 0) is 4.74 Å². The molecule has 11 heteroatoms. The number of para-hydroxylation sites is 2. The molecule has 0 bridgehead atoms. The average Bonchev–Trinajstić information content (AvgIpc) is 3.10. The molecule has 0 unspecified atom stereocenters. The van der Waals surface area contributed by atoms with Gasteiger partial charge in [-0.05, 0) is 24.3 Å². The van der Waals surface area contributed by atoms with Gasteiger partial charge in [-0.1, -0.05) is 24.3 Å². The van der Waals surface area contributed by atoms with Crippen LogP contribution in [0.4, 0.5) is 38.0 Å². The van der Waals surface area contributed by atoms with Gasteiger partial charge < -0.3 is 21.5 Å². The summed E-state index contributed by atoms with van der Waals surface area (Å²) in [5.41, 5.74) is 12.8. The molecule has 2 heterocycles. The van der Waals surface area contributed by atoms with E-state index in [9.17, 15) is 9.18 Å². The van der Waals surface area contributed by atoms with Crippen molar-refractivity contribution in [2.24, 2.45) is 0 Å². The number of ether oxygens (including phenoxy) is 1. The van der Waals surface area contributed by atoms with Crippen molar-refractivity contribution in [2.45, 2.75) is 0 Å². The van der Waals surface area contributed by atoms with E-state index in [2.05, 4.69) is 30.4 Å². The normalized spacial score (nSPS) is 10.7. The Bertz CT molecular complexity index is 1230. The molecule has 0 aliphatic rings. The Morgan fingerprint density at radius 2 is 1.73 bits per heavy atom. The summed E-state index contributed by atoms with van der Waals surface area (Å²) in [6.07, 6.45) is -0.759. The molecule has 0 aliphatic heterocycles. The van der Waals surface area contributed by atoms with E-state index in [-0.39, 0.29) is 29.0 Å². The van der Waals surface area contributed by atoms with E-state index in [1.807, 2.05) is 18.2 Å².